The van der Waals surface area contributed by atoms with Gasteiger partial charge in [-0.3, -0.25) is 4.99 Å². The van der Waals surface area contributed by atoms with Gasteiger partial charge in [0.25, 0.3) is 0 Å². The number of thiophene rings is 1. The smallest absolute Gasteiger partial charge is 0.191 e. The number of benzene rings is 1. The lowest BCUT2D eigenvalue weighted by Crippen LogP contribution is -2.39. The fraction of sp³-hybridized carbons (Fsp3) is 0.438. The van der Waals surface area contributed by atoms with Crippen LogP contribution in [0.3, 0.4) is 0 Å². The van der Waals surface area contributed by atoms with Crippen LogP contribution in [0.5, 0.6) is 0 Å². The highest BCUT2D eigenvalue weighted by Gasteiger charge is 2.11. The number of unbranched alkanes of at least 4 members (excludes halogenated alkanes) is 1. The summed E-state index contributed by atoms with van der Waals surface area (Å²) < 4.78 is 1.21. The molecule has 2 aromatic rings. The lowest BCUT2D eigenvalue weighted by molar-refractivity contribution is 0.184. The molecule has 1 atom stereocenters. The van der Waals surface area contributed by atoms with Gasteiger partial charge in [-0.15, -0.1) is 11.3 Å². The Hall–Kier alpha value is -1.59. The van der Waals surface area contributed by atoms with Gasteiger partial charge in [0.1, 0.15) is 6.10 Å². The van der Waals surface area contributed by atoms with E-state index in [0.717, 1.165) is 30.2 Å². The molecule has 0 aliphatic heterocycles. The molecule has 0 radical (unpaired) electrons. The fourth-order valence-corrected chi connectivity index (χ4v) is 3.12. The molecule has 1 heterocycles. The zero-order valence-corrected chi connectivity index (χ0v) is 13.4. The van der Waals surface area contributed by atoms with Crippen molar-refractivity contribution in [3.8, 4) is 0 Å². The average Bonchev–Trinajstić information content (AvgIpc) is 2.94. The van der Waals surface area contributed by atoms with Gasteiger partial charge in [0.2, 0.25) is 0 Å². The highest BCUT2D eigenvalue weighted by atomic mass is 32.1. The number of nitrogens with zero attached hydrogens (tertiary/aromatic N) is 1. The molecule has 4 nitrogen and oxygen atoms in total. The molecule has 1 unspecified atom stereocenters. The maximum absolute atomic E-state index is 10.3. The minimum Gasteiger partial charge on any atom is -0.386 e. The normalized spacial score (nSPS) is 13.4. The monoisotopic (exact) mass is 305 g/mol. The largest absolute Gasteiger partial charge is 0.386 e. The maximum atomic E-state index is 10.3. The van der Waals surface area contributed by atoms with Crippen LogP contribution in [0.15, 0.2) is 35.3 Å². The number of aliphatic imine (C=N–C) groups is 1. The summed E-state index contributed by atoms with van der Waals surface area (Å²) in [5.74, 6) is 0.739. The lowest BCUT2D eigenvalue weighted by atomic mass is 10.2. The second kappa shape index (κ2) is 8.00. The molecule has 0 aliphatic rings. The average molecular weight is 305 g/mol. The first-order valence-electron chi connectivity index (χ1n) is 7.35. The number of fused-ring (bicyclic) bond motifs is 1. The van der Waals surface area contributed by atoms with Gasteiger partial charge >= 0.3 is 0 Å². The van der Waals surface area contributed by atoms with Gasteiger partial charge in [0.15, 0.2) is 5.96 Å². The highest BCUT2D eigenvalue weighted by molar-refractivity contribution is 7.19. The van der Waals surface area contributed by atoms with Gasteiger partial charge in [-0.05, 0) is 23.9 Å². The standard InChI is InChI=1S/C16H23N3OS/c1-3-4-9-18-16(17-2)19-11-13(20)15-10-12-7-5-6-8-14(12)21-15/h5-8,10,13,20H,3-4,9,11H2,1-2H3,(H2,17,18,19). The summed E-state index contributed by atoms with van der Waals surface area (Å²) >= 11 is 1.64. The van der Waals surface area contributed by atoms with Crippen molar-refractivity contribution >= 4 is 27.4 Å². The number of rotatable bonds is 6. The summed E-state index contributed by atoms with van der Waals surface area (Å²) in [5.41, 5.74) is 0. The van der Waals surface area contributed by atoms with E-state index in [0.29, 0.717) is 6.54 Å². The molecule has 0 fully saturated rings. The van der Waals surface area contributed by atoms with Gasteiger partial charge in [0, 0.05) is 29.7 Å². The first kappa shape index (κ1) is 15.8. The molecule has 1 aromatic carbocycles. The Balaban J connectivity index is 1.90. The van der Waals surface area contributed by atoms with E-state index < -0.39 is 6.10 Å². The third-order valence-electron chi connectivity index (χ3n) is 3.28. The predicted molar refractivity (Wildman–Crippen MR) is 91.1 cm³/mol. The molecule has 3 N–H and O–H groups in total. The zero-order valence-electron chi connectivity index (χ0n) is 12.6. The van der Waals surface area contributed by atoms with E-state index in [4.69, 9.17) is 0 Å². The van der Waals surface area contributed by atoms with Crippen LogP contribution in [-0.4, -0.2) is 31.2 Å². The van der Waals surface area contributed by atoms with Gasteiger partial charge in [-0.2, -0.15) is 0 Å². The molecule has 0 saturated heterocycles. The molecular weight excluding hydrogens is 282 g/mol. The van der Waals surface area contributed by atoms with Gasteiger partial charge < -0.3 is 15.7 Å². The summed E-state index contributed by atoms with van der Waals surface area (Å²) in [7, 11) is 1.74. The number of hydrogen-bond acceptors (Lipinski definition) is 3. The Bertz CT molecular complexity index is 561. The number of aliphatic hydroxyl groups is 1. The summed E-state index contributed by atoms with van der Waals surface area (Å²) in [6.07, 6.45) is 1.74. The number of nitrogens with one attached hydrogen (secondary N) is 2. The Kier molecular flexibility index (Phi) is 6.02. The molecule has 0 saturated carbocycles. The summed E-state index contributed by atoms with van der Waals surface area (Å²) in [4.78, 5) is 5.13. The minimum atomic E-state index is -0.521. The second-order valence-electron chi connectivity index (χ2n) is 4.94. The number of hydrogen-bond donors (Lipinski definition) is 3. The van der Waals surface area contributed by atoms with E-state index in [9.17, 15) is 5.11 Å². The van der Waals surface area contributed by atoms with Crippen LogP contribution in [0.2, 0.25) is 0 Å². The van der Waals surface area contributed by atoms with Crippen LogP contribution in [0.4, 0.5) is 0 Å². The van der Waals surface area contributed by atoms with Crippen molar-refractivity contribution < 1.29 is 5.11 Å². The van der Waals surface area contributed by atoms with Crippen LogP contribution in [0, 0.1) is 0 Å². The van der Waals surface area contributed by atoms with Crippen molar-refractivity contribution in [1.29, 1.82) is 0 Å². The maximum Gasteiger partial charge on any atom is 0.191 e. The predicted octanol–water partition coefficient (Wildman–Crippen LogP) is 2.90. The minimum absolute atomic E-state index is 0.457. The highest BCUT2D eigenvalue weighted by Crippen LogP contribution is 2.29. The van der Waals surface area contributed by atoms with E-state index in [1.807, 2.05) is 12.1 Å². The second-order valence-corrected chi connectivity index (χ2v) is 6.05. The quantitative estimate of drug-likeness (QED) is 0.437. The third kappa shape index (κ3) is 4.44. The summed E-state index contributed by atoms with van der Waals surface area (Å²) in [5, 5.41) is 17.9. The van der Waals surface area contributed by atoms with E-state index >= 15 is 0 Å². The SMILES string of the molecule is CCCCNC(=NC)NCC(O)c1cc2ccccc2s1. The molecule has 0 aliphatic carbocycles. The molecule has 5 heteroatoms. The summed E-state index contributed by atoms with van der Waals surface area (Å²) in [6, 6.07) is 10.2. The third-order valence-corrected chi connectivity index (χ3v) is 4.50. The molecule has 0 spiro atoms. The van der Waals surface area contributed by atoms with Crippen molar-refractivity contribution in [2.24, 2.45) is 4.99 Å². The summed E-state index contributed by atoms with van der Waals surface area (Å²) in [6.45, 7) is 3.51. The van der Waals surface area contributed by atoms with Crippen LogP contribution in [-0.2, 0) is 0 Å². The van der Waals surface area contributed by atoms with E-state index in [-0.39, 0.29) is 0 Å². The first-order valence-corrected chi connectivity index (χ1v) is 8.17. The van der Waals surface area contributed by atoms with E-state index in [1.165, 1.54) is 10.1 Å². The van der Waals surface area contributed by atoms with Crippen molar-refractivity contribution in [2.75, 3.05) is 20.1 Å². The van der Waals surface area contributed by atoms with Crippen molar-refractivity contribution in [3.05, 3.63) is 35.2 Å². The Labute approximate surface area is 129 Å². The van der Waals surface area contributed by atoms with Crippen LogP contribution in [0.1, 0.15) is 30.7 Å². The Morgan fingerprint density at radius 1 is 1.33 bits per heavy atom. The van der Waals surface area contributed by atoms with Gasteiger partial charge in [-0.25, -0.2) is 0 Å². The van der Waals surface area contributed by atoms with Crippen LogP contribution >= 0.6 is 11.3 Å². The van der Waals surface area contributed by atoms with Crippen molar-refractivity contribution in [3.63, 3.8) is 0 Å². The lowest BCUT2D eigenvalue weighted by Gasteiger charge is -2.14. The van der Waals surface area contributed by atoms with Crippen molar-refractivity contribution in [1.82, 2.24) is 10.6 Å². The fourth-order valence-electron chi connectivity index (χ4n) is 2.06. The van der Waals surface area contributed by atoms with Gasteiger partial charge in [-0.1, -0.05) is 31.5 Å². The topological polar surface area (TPSA) is 56.7 Å². The molecule has 21 heavy (non-hydrogen) atoms. The zero-order chi connectivity index (χ0) is 15.1. The number of aliphatic hydroxyl groups excluding tert-OH is 1. The van der Waals surface area contributed by atoms with Crippen LogP contribution < -0.4 is 10.6 Å². The molecule has 2 rings (SSSR count). The molecule has 114 valence electrons. The Morgan fingerprint density at radius 2 is 2.14 bits per heavy atom. The van der Waals surface area contributed by atoms with Gasteiger partial charge in [0.05, 0.1) is 0 Å². The van der Waals surface area contributed by atoms with E-state index in [1.54, 1.807) is 18.4 Å². The van der Waals surface area contributed by atoms with Crippen molar-refractivity contribution in [2.45, 2.75) is 25.9 Å². The molecule has 0 amide bonds. The number of guanidine groups is 1. The molecule has 1 aromatic heterocycles. The first-order chi connectivity index (χ1) is 10.2. The molecule has 0 bridgehead atoms. The van der Waals surface area contributed by atoms with E-state index in [2.05, 4.69) is 40.7 Å². The molecular formula is C16H23N3OS. The Morgan fingerprint density at radius 3 is 2.86 bits per heavy atom. The van der Waals surface area contributed by atoms with Crippen LogP contribution in [0.25, 0.3) is 10.1 Å².